The molecule has 1 heteroatoms. The van der Waals surface area contributed by atoms with Crippen molar-refractivity contribution in [3.63, 3.8) is 0 Å². The molecule has 0 amide bonds. The summed E-state index contributed by atoms with van der Waals surface area (Å²) in [7, 11) is 0. The Morgan fingerprint density at radius 3 is 2.16 bits per heavy atom. The predicted octanol–water partition coefficient (Wildman–Crippen LogP) is 3.46. The second kappa shape index (κ2) is 5.41. The van der Waals surface area contributed by atoms with Gasteiger partial charge in [0.2, 0.25) is 0 Å². The topological polar surface area (TPSA) is 12.0 Å². The summed E-state index contributed by atoms with van der Waals surface area (Å²) in [4.78, 5) is 0. The van der Waals surface area contributed by atoms with Gasteiger partial charge in [-0.2, -0.15) is 0 Å². The first-order chi connectivity index (χ1) is 9.33. The molecule has 1 aliphatic carbocycles. The Bertz CT molecular complexity index is 546. The summed E-state index contributed by atoms with van der Waals surface area (Å²) >= 11 is 0. The largest absolute Gasteiger partial charge is 0.309 e. The highest BCUT2D eigenvalue weighted by atomic mass is 14.9. The lowest BCUT2D eigenvalue weighted by atomic mass is 10.1. The predicted molar refractivity (Wildman–Crippen MR) is 81.1 cm³/mol. The third-order valence-electron chi connectivity index (χ3n) is 3.84. The lowest BCUT2D eigenvalue weighted by Gasteiger charge is -2.13. The Morgan fingerprint density at radius 2 is 1.53 bits per heavy atom. The number of fused-ring (bicyclic) bond motifs is 1. The van der Waals surface area contributed by atoms with Crippen LogP contribution in [0.5, 0.6) is 0 Å². The highest BCUT2D eigenvalue weighted by molar-refractivity contribution is 5.64. The molecule has 3 rings (SSSR count). The Balaban J connectivity index is 1.56. The van der Waals surface area contributed by atoms with Crippen molar-refractivity contribution in [2.24, 2.45) is 0 Å². The van der Waals surface area contributed by atoms with Gasteiger partial charge in [-0.15, -0.1) is 0 Å². The molecule has 0 atom stereocenters. The minimum Gasteiger partial charge on any atom is -0.309 e. The van der Waals surface area contributed by atoms with Crippen molar-refractivity contribution in [3.8, 4) is 0 Å². The van der Waals surface area contributed by atoms with E-state index in [1.54, 1.807) is 0 Å². The van der Waals surface area contributed by atoms with Crippen molar-refractivity contribution < 1.29 is 0 Å². The molecule has 0 aromatic heterocycles. The number of rotatable bonds is 4. The average Bonchev–Trinajstić information content (AvgIpc) is 2.88. The van der Waals surface area contributed by atoms with Crippen LogP contribution in [-0.4, -0.2) is 12.6 Å². The summed E-state index contributed by atoms with van der Waals surface area (Å²) in [6.45, 7) is 5.04. The van der Waals surface area contributed by atoms with Gasteiger partial charge in [0.15, 0.2) is 0 Å². The molecule has 1 nitrogen and oxygen atoms in total. The maximum absolute atomic E-state index is 4.17. The van der Waals surface area contributed by atoms with E-state index in [2.05, 4.69) is 60.4 Å². The van der Waals surface area contributed by atoms with E-state index < -0.39 is 0 Å². The molecular formula is C18H19N. The normalized spacial score (nSPS) is 14.3. The molecule has 0 saturated carbocycles. The minimum atomic E-state index is 0.554. The summed E-state index contributed by atoms with van der Waals surface area (Å²) in [5.74, 6) is 0. The first kappa shape index (κ1) is 12.2. The Morgan fingerprint density at radius 1 is 0.947 bits per heavy atom. The number of nitrogens with one attached hydrogen (secondary N) is 1. The van der Waals surface area contributed by atoms with Crippen LogP contribution in [0.2, 0.25) is 0 Å². The van der Waals surface area contributed by atoms with Crippen molar-refractivity contribution >= 4 is 5.57 Å². The number of hydrogen-bond donors (Lipinski definition) is 1. The van der Waals surface area contributed by atoms with Gasteiger partial charge in [0.1, 0.15) is 0 Å². The summed E-state index contributed by atoms with van der Waals surface area (Å²) in [6.07, 6.45) is 2.27. The third kappa shape index (κ3) is 2.77. The van der Waals surface area contributed by atoms with Crippen molar-refractivity contribution in [3.05, 3.63) is 77.9 Å². The second-order valence-electron chi connectivity index (χ2n) is 5.22. The quantitative estimate of drug-likeness (QED) is 0.875. The van der Waals surface area contributed by atoms with Gasteiger partial charge in [-0.1, -0.05) is 61.2 Å². The molecule has 0 saturated heterocycles. The van der Waals surface area contributed by atoms with Gasteiger partial charge in [0.05, 0.1) is 0 Å². The molecule has 0 radical (unpaired) electrons. The van der Waals surface area contributed by atoms with Crippen LogP contribution in [0.4, 0.5) is 0 Å². The lowest BCUT2D eigenvalue weighted by molar-refractivity contribution is 0.571. The smallest absolute Gasteiger partial charge is 0.0208 e. The highest BCUT2D eigenvalue weighted by Gasteiger charge is 2.20. The van der Waals surface area contributed by atoms with Gasteiger partial charge >= 0.3 is 0 Å². The molecule has 0 fully saturated rings. The van der Waals surface area contributed by atoms with Crippen LogP contribution in [0.3, 0.4) is 0 Å². The Labute approximate surface area is 115 Å². The zero-order valence-corrected chi connectivity index (χ0v) is 11.1. The van der Waals surface area contributed by atoms with Crippen molar-refractivity contribution in [1.82, 2.24) is 5.32 Å². The van der Waals surface area contributed by atoms with Crippen LogP contribution in [0.1, 0.15) is 16.7 Å². The molecule has 1 aliphatic rings. The zero-order valence-electron chi connectivity index (χ0n) is 11.1. The molecule has 0 heterocycles. The second-order valence-corrected chi connectivity index (χ2v) is 5.22. The molecule has 0 aliphatic heterocycles. The molecule has 19 heavy (non-hydrogen) atoms. The van der Waals surface area contributed by atoms with Crippen LogP contribution >= 0.6 is 0 Å². The fraction of sp³-hybridized carbons (Fsp3) is 0.222. The molecule has 0 bridgehead atoms. The Hall–Kier alpha value is -1.86. The monoisotopic (exact) mass is 249 g/mol. The lowest BCUT2D eigenvalue weighted by Crippen LogP contribution is -2.30. The maximum Gasteiger partial charge on any atom is 0.0208 e. The third-order valence-corrected chi connectivity index (χ3v) is 3.84. The summed E-state index contributed by atoms with van der Waals surface area (Å²) in [6, 6.07) is 19.7. The van der Waals surface area contributed by atoms with Crippen molar-refractivity contribution in [2.45, 2.75) is 18.9 Å². The summed E-state index contributed by atoms with van der Waals surface area (Å²) in [5.41, 5.74) is 5.37. The van der Waals surface area contributed by atoms with E-state index in [9.17, 15) is 0 Å². The molecule has 1 N–H and O–H groups in total. The zero-order chi connectivity index (χ0) is 13.1. The van der Waals surface area contributed by atoms with Crippen molar-refractivity contribution in [1.29, 1.82) is 0 Å². The number of hydrogen-bond acceptors (Lipinski definition) is 1. The van der Waals surface area contributed by atoms with Gasteiger partial charge in [-0.3, -0.25) is 0 Å². The van der Waals surface area contributed by atoms with Gasteiger partial charge in [0.25, 0.3) is 0 Å². The van der Waals surface area contributed by atoms with Crippen LogP contribution in [0.25, 0.3) is 5.57 Å². The number of benzene rings is 2. The average molecular weight is 249 g/mol. The van der Waals surface area contributed by atoms with Gasteiger partial charge in [-0.25, -0.2) is 0 Å². The van der Waals surface area contributed by atoms with E-state index in [0.29, 0.717) is 6.04 Å². The van der Waals surface area contributed by atoms with Gasteiger partial charge in [-0.05, 0) is 35.1 Å². The fourth-order valence-electron chi connectivity index (χ4n) is 2.75. The maximum atomic E-state index is 4.17. The fourth-order valence-corrected chi connectivity index (χ4v) is 2.75. The van der Waals surface area contributed by atoms with Crippen LogP contribution in [-0.2, 0) is 12.8 Å². The highest BCUT2D eigenvalue weighted by Crippen LogP contribution is 2.22. The molecule has 96 valence electrons. The summed E-state index contributed by atoms with van der Waals surface area (Å²) in [5, 5.41) is 3.63. The Kier molecular flexibility index (Phi) is 3.47. The van der Waals surface area contributed by atoms with Crippen LogP contribution < -0.4 is 5.32 Å². The van der Waals surface area contributed by atoms with E-state index in [-0.39, 0.29) is 0 Å². The summed E-state index contributed by atoms with van der Waals surface area (Å²) < 4.78 is 0. The first-order valence-electron chi connectivity index (χ1n) is 6.86. The molecule has 0 unspecified atom stereocenters. The van der Waals surface area contributed by atoms with E-state index in [1.165, 1.54) is 16.7 Å². The van der Waals surface area contributed by atoms with E-state index in [0.717, 1.165) is 25.0 Å². The molecule has 0 spiro atoms. The molecule has 2 aromatic rings. The van der Waals surface area contributed by atoms with E-state index in [1.807, 2.05) is 6.07 Å². The van der Waals surface area contributed by atoms with E-state index >= 15 is 0 Å². The molecule has 2 aromatic carbocycles. The first-order valence-corrected chi connectivity index (χ1v) is 6.86. The van der Waals surface area contributed by atoms with Crippen LogP contribution in [0.15, 0.2) is 61.2 Å². The standard InChI is InChI=1S/C18H19N/c1-14(15-7-3-2-4-8-15)13-19-18-11-16-9-5-6-10-17(16)12-18/h2-10,18-19H,1,11-13H2. The van der Waals surface area contributed by atoms with Gasteiger partial charge in [0, 0.05) is 12.6 Å². The van der Waals surface area contributed by atoms with Crippen LogP contribution in [0, 0.1) is 0 Å². The van der Waals surface area contributed by atoms with E-state index in [4.69, 9.17) is 0 Å². The molecular weight excluding hydrogens is 230 g/mol. The SMILES string of the molecule is C=C(CNC1Cc2ccccc2C1)c1ccccc1. The van der Waals surface area contributed by atoms with Crippen molar-refractivity contribution in [2.75, 3.05) is 6.54 Å². The van der Waals surface area contributed by atoms with Gasteiger partial charge < -0.3 is 5.32 Å². The minimum absolute atomic E-state index is 0.554.